The molecular formula is C18H18F2N2O3S2. The van der Waals surface area contributed by atoms with Crippen LogP contribution in [0.4, 0.5) is 8.78 Å². The number of thioether (sulfide) groups is 1. The predicted molar refractivity (Wildman–Crippen MR) is 98.8 cm³/mol. The first-order valence-electron chi connectivity index (χ1n) is 8.21. The second kappa shape index (κ2) is 7.95. The Morgan fingerprint density at radius 2 is 1.85 bits per heavy atom. The van der Waals surface area contributed by atoms with Crippen molar-refractivity contribution < 1.29 is 22.0 Å². The first-order chi connectivity index (χ1) is 12.8. The summed E-state index contributed by atoms with van der Waals surface area (Å²) in [5.74, 6) is -0.648. The van der Waals surface area contributed by atoms with Crippen LogP contribution in [0.1, 0.15) is 18.0 Å². The van der Waals surface area contributed by atoms with Crippen LogP contribution in [0, 0.1) is 11.6 Å². The zero-order valence-corrected chi connectivity index (χ0v) is 16.1. The molecule has 2 aromatic carbocycles. The molecule has 0 radical (unpaired) electrons. The molecule has 0 aromatic heterocycles. The molecule has 3 rings (SSSR count). The largest absolute Gasteiger partial charge is 0.348 e. The molecule has 0 saturated carbocycles. The van der Waals surface area contributed by atoms with Gasteiger partial charge in [0, 0.05) is 17.7 Å². The predicted octanol–water partition coefficient (Wildman–Crippen LogP) is 2.94. The Hall–Kier alpha value is -1.97. The molecule has 1 aliphatic rings. The lowest BCUT2D eigenvalue weighted by molar-refractivity contribution is -0.121. The Morgan fingerprint density at radius 1 is 1.19 bits per heavy atom. The van der Waals surface area contributed by atoms with E-state index < -0.39 is 28.3 Å². The molecule has 0 fully saturated rings. The topological polar surface area (TPSA) is 66.5 Å². The van der Waals surface area contributed by atoms with Crippen LogP contribution in [0.5, 0.6) is 0 Å². The second-order valence-electron chi connectivity index (χ2n) is 6.15. The number of amides is 1. The highest BCUT2D eigenvalue weighted by atomic mass is 32.2. The number of benzene rings is 2. The van der Waals surface area contributed by atoms with Gasteiger partial charge in [-0.1, -0.05) is 0 Å². The number of fused-ring (bicyclic) bond motifs is 1. The van der Waals surface area contributed by atoms with E-state index in [4.69, 9.17) is 0 Å². The summed E-state index contributed by atoms with van der Waals surface area (Å²) in [4.78, 5) is 13.2. The minimum atomic E-state index is -3.92. The molecule has 2 aromatic rings. The van der Waals surface area contributed by atoms with E-state index in [-0.39, 0.29) is 16.8 Å². The first-order valence-corrected chi connectivity index (χ1v) is 10.6. The van der Waals surface area contributed by atoms with Gasteiger partial charge >= 0.3 is 0 Å². The lowest BCUT2D eigenvalue weighted by Gasteiger charge is -2.27. The van der Waals surface area contributed by atoms with E-state index in [9.17, 15) is 22.0 Å². The molecule has 1 atom stereocenters. The van der Waals surface area contributed by atoms with Crippen molar-refractivity contribution in [2.45, 2.75) is 22.3 Å². The fourth-order valence-electron chi connectivity index (χ4n) is 2.83. The van der Waals surface area contributed by atoms with Gasteiger partial charge in [-0.25, -0.2) is 17.2 Å². The summed E-state index contributed by atoms with van der Waals surface area (Å²) in [7, 11) is -2.64. The van der Waals surface area contributed by atoms with E-state index >= 15 is 0 Å². The molecule has 1 amide bonds. The van der Waals surface area contributed by atoms with Crippen molar-refractivity contribution >= 4 is 27.7 Å². The summed E-state index contributed by atoms with van der Waals surface area (Å²) in [6.07, 6.45) is 0.626. The number of likely N-dealkylation sites (N-methyl/N-ethyl adjacent to an activating group) is 1. The van der Waals surface area contributed by atoms with Crippen molar-refractivity contribution in [1.82, 2.24) is 9.62 Å². The van der Waals surface area contributed by atoms with Crippen molar-refractivity contribution in [2.75, 3.05) is 19.3 Å². The number of halogens is 2. The number of hydrogen-bond acceptors (Lipinski definition) is 4. The molecule has 27 heavy (non-hydrogen) atoms. The quantitative estimate of drug-likeness (QED) is 0.820. The molecular weight excluding hydrogens is 394 g/mol. The fraction of sp³-hybridized carbons (Fsp3) is 0.278. The average molecular weight is 412 g/mol. The third-order valence-electron chi connectivity index (χ3n) is 4.23. The third kappa shape index (κ3) is 4.48. The highest BCUT2D eigenvalue weighted by Gasteiger charge is 2.26. The summed E-state index contributed by atoms with van der Waals surface area (Å²) in [5, 5.41) is 2.78. The summed E-state index contributed by atoms with van der Waals surface area (Å²) >= 11 is 1.59. The van der Waals surface area contributed by atoms with Gasteiger partial charge in [0.2, 0.25) is 15.9 Å². The Bertz CT molecular complexity index is 950. The van der Waals surface area contributed by atoms with Crippen molar-refractivity contribution in [3.63, 3.8) is 0 Å². The molecule has 9 heteroatoms. The van der Waals surface area contributed by atoms with Gasteiger partial charge in [-0.3, -0.25) is 4.79 Å². The lowest BCUT2D eigenvalue weighted by Crippen LogP contribution is -2.40. The van der Waals surface area contributed by atoms with Crippen LogP contribution in [0.25, 0.3) is 0 Å². The summed E-state index contributed by atoms with van der Waals surface area (Å²) in [6, 6.07) is 8.47. The second-order valence-corrected chi connectivity index (χ2v) is 9.34. The minimum absolute atomic E-state index is 0.0966. The standard InChI is InChI=1S/C18H18F2N2O3S2/c1-22(27(24,25)14-5-2-12(19)3-6-14)11-18(23)21-16-8-9-26-17-7-4-13(20)10-15(16)17/h2-7,10,16H,8-9,11H2,1H3,(H,21,23). The number of rotatable bonds is 5. The normalized spacial score (nSPS) is 16.8. The maximum Gasteiger partial charge on any atom is 0.243 e. The molecule has 1 unspecified atom stereocenters. The van der Waals surface area contributed by atoms with E-state index in [0.717, 1.165) is 39.2 Å². The maximum absolute atomic E-state index is 13.6. The SMILES string of the molecule is CN(CC(=O)NC1CCSc2ccc(F)cc21)S(=O)(=O)c1ccc(F)cc1. The Morgan fingerprint density at radius 3 is 2.56 bits per heavy atom. The lowest BCUT2D eigenvalue weighted by atomic mass is 10.0. The van der Waals surface area contributed by atoms with Gasteiger partial charge in [-0.15, -0.1) is 11.8 Å². The van der Waals surface area contributed by atoms with Gasteiger partial charge < -0.3 is 5.32 Å². The van der Waals surface area contributed by atoms with Gasteiger partial charge in [-0.2, -0.15) is 4.31 Å². The molecule has 0 saturated heterocycles. The van der Waals surface area contributed by atoms with E-state index in [1.54, 1.807) is 17.8 Å². The third-order valence-corrected chi connectivity index (χ3v) is 7.17. The van der Waals surface area contributed by atoms with E-state index in [1.165, 1.54) is 19.2 Å². The first kappa shape index (κ1) is 19.8. The Kier molecular flexibility index (Phi) is 5.83. The van der Waals surface area contributed by atoms with Crippen LogP contribution in [0.3, 0.4) is 0 Å². The number of carbonyl (C=O) groups excluding carboxylic acids is 1. The highest BCUT2D eigenvalue weighted by molar-refractivity contribution is 7.99. The van der Waals surface area contributed by atoms with Crippen molar-refractivity contribution in [3.8, 4) is 0 Å². The molecule has 1 N–H and O–H groups in total. The summed E-state index contributed by atoms with van der Waals surface area (Å²) < 4.78 is 52.4. The van der Waals surface area contributed by atoms with Crippen LogP contribution >= 0.6 is 11.8 Å². The van der Waals surface area contributed by atoms with Gasteiger partial charge in [0.1, 0.15) is 11.6 Å². The fourth-order valence-corrected chi connectivity index (χ4v) is 5.06. The number of hydrogen-bond donors (Lipinski definition) is 1. The van der Waals surface area contributed by atoms with Gasteiger partial charge in [0.25, 0.3) is 0 Å². The smallest absolute Gasteiger partial charge is 0.243 e. The summed E-state index contributed by atoms with van der Waals surface area (Å²) in [5.41, 5.74) is 0.698. The van der Waals surface area contributed by atoms with Gasteiger partial charge in [0.05, 0.1) is 17.5 Å². The number of sulfonamides is 1. The van der Waals surface area contributed by atoms with Crippen LogP contribution < -0.4 is 5.32 Å². The number of nitrogens with zero attached hydrogens (tertiary/aromatic N) is 1. The van der Waals surface area contributed by atoms with Crippen LogP contribution in [0.15, 0.2) is 52.3 Å². The van der Waals surface area contributed by atoms with Crippen LogP contribution in [-0.2, 0) is 14.8 Å². The maximum atomic E-state index is 13.6. The molecule has 1 aliphatic heterocycles. The number of nitrogens with one attached hydrogen (secondary N) is 1. The Balaban J connectivity index is 1.69. The van der Waals surface area contributed by atoms with Crippen LogP contribution in [0.2, 0.25) is 0 Å². The molecule has 0 aliphatic carbocycles. The molecule has 0 bridgehead atoms. The van der Waals surface area contributed by atoms with Crippen molar-refractivity contribution in [3.05, 3.63) is 59.7 Å². The average Bonchev–Trinajstić information content (AvgIpc) is 2.62. The van der Waals surface area contributed by atoms with E-state index in [0.29, 0.717) is 12.0 Å². The van der Waals surface area contributed by atoms with E-state index in [2.05, 4.69) is 5.32 Å². The Labute approximate surface area is 160 Å². The summed E-state index contributed by atoms with van der Waals surface area (Å²) in [6.45, 7) is -0.395. The molecule has 5 nitrogen and oxygen atoms in total. The minimum Gasteiger partial charge on any atom is -0.348 e. The van der Waals surface area contributed by atoms with Crippen molar-refractivity contribution in [1.29, 1.82) is 0 Å². The number of carbonyl (C=O) groups is 1. The molecule has 1 heterocycles. The van der Waals surface area contributed by atoms with Crippen LogP contribution in [-0.4, -0.2) is 38.0 Å². The molecule has 0 spiro atoms. The molecule has 144 valence electrons. The van der Waals surface area contributed by atoms with Gasteiger partial charge in [0.15, 0.2) is 0 Å². The van der Waals surface area contributed by atoms with E-state index in [1.807, 2.05) is 0 Å². The van der Waals surface area contributed by atoms with Crippen molar-refractivity contribution in [2.24, 2.45) is 0 Å². The zero-order valence-electron chi connectivity index (χ0n) is 14.5. The van der Waals surface area contributed by atoms with Gasteiger partial charge in [-0.05, 0) is 54.4 Å². The highest BCUT2D eigenvalue weighted by Crippen LogP contribution is 2.36. The zero-order chi connectivity index (χ0) is 19.6. The monoisotopic (exact) mass is 412 g/mol.